The molecular weight excluding hydrogens is 278 g/mol. The zero-order valence-corrected chi connectivity index (χ0v) is 13.0. The fourth-order valence-electron chi connectivity index (χ4n) is 2.89. The number of hydrogen-bond donors (Lipinski definition) is 0. The predicted octanol–water partition coefficient (Wildman–Crippen LogP) is 5.74. The second kappa shape index (κ2) is 5.00. The van der Waals surface area contributed by atoms with Crippen LogP contribution in [0.3, 0.4) is 0 Å². The highest BCUT2D eigenvalue weighted by molar-refractivity contribution is 6.32. The third-order valence-electron chi connectivity index (χ3n) is 4.02. The van der Waals surface area contributed by atoms with E-state index in [9.17, 15) is 8.78 Å². The van der Waals surface area contributed by atoms with Crippen molar-refractivity contribution in [2.75, 3.05) is 0 Å². The Kier molecular flexibility index (Phi) is 3.81. The Morgan fingerprint density at radius 1 is 1.40 bits per heavy atom. The number of aryl methyl sites for hydroxylation is 1. The molecule has 108 valence electrons. The van der Waals surface area contributed by atoms with Crippen LogP contribution in [0.1, 0.15) is 36.1 Å². The Morgan fingerprint density at radius 2 is 2.00 bits per heavy atom. The highest BCUT2D eigenvalue weighted by Crippen LogP contribution is 2.43. The van der Waals surface area contributed by atoms with Crippen LogP contribution in [0.4, 0.5) is 8.78 Å². The zero-order chi connectivity index (χ0) is 15.2. The molecule has 0 fully saturated rings. The summed E-state index contributed by atoms with van der Waals surface area (Å²) in [6, 6.07) is 1.93. The summed E-state index contributed by atoms with van der Waals surface area (Å²) in [5.74, 6) is -3.57. The van der Waals surface area contributed by atoms with Crippen molar-refractivity contribution in [1.82, 2.24) is 0 Å². The van der Waals surface area contributed by atoms with Crippen molar-refractivity contribution < 1.29 is 8.78 Å². The minimum Gasteiger partial charge on any atom is -0.207 e. The quantitative estimate of drug-likeness (QED) is 0.652. The molecule has 1 aromatic rings. The molecule has 0 aromatic heterocycles. The third-order valence-corrected chi connectivity index (χ3v) is 4.60. The number of hydrogen-bond acceptors (Lipinski definition) is 0. The van der Waals surface area contributed by atoms with Crippen molar-refractivity contribution in [3.8, 4) is 0 Å². The molecule has 0 N–H and O–H groups in total. The first-order chi connectivity index (χ1) is 9.12. The van der Waals surface area contributed by atoms with E-state index in [1.807, 2.05) is 26.0 Å². The Hall–Kier alpha value is -1.15. The Bertz CT molecular complexity index is 606. The van der Waals surface area contributed by atoms with Crippen molar-refractivity contribution in [3.63, 3.8) is 0 Å². The molecule has 0 spiro atoms. The SMILES string of the molecule is C=C(C)C1=Cc2c(cc(C)c(Cl)c2C)CC1C(C)(F)F. The van der Waals surface area contributed by atoms with Crippen LogP contribution in [-0.4, -0.2) is 5.92 Å². The number of alkyl halides is 2. The van der Waals surface area contributed by atoms with E-state index in [0.717, 1.165) is 29.2 Å². The monoisotopic (exact) mass is 296 g/mol. The summed E-state index contributed by atoms with van der Waals surface area (Å²) in [7, 11) is 0. The maximum Gasteiger partial charge on any atom is 0.252 e. The molecular formula is C17H19ClF2. The van der Waals surface area contributed by atoms with Crippen LogP contribution in [0.5, 0.6) is 0 Å². The number of halogens is 3. The fraction of sp³-hybridized carbons (Fsp3) is 0.412. The third kappa shape index (κ3) is 2.54. The van der Waals surface area contributed by atoms with Crippen LogP contribution in [0.25, 0.3) is 6.08 Å². The second-order valence-corrected chi connectivity index (χ2v) is 6.18. The van der Waals surface area contributed by atoms with E-state index < -0.39 is 11.8 Å². The van der Waals surface area contributed by atoms with Gasteiger partial charge >= 0.3 is 0 Å². The molecule has 0 radical (unpaired) electrons. The van der Waals surface area contributed by atoms with E-state index in [1.165, 1.54) is 0 Å². The highest BCUT2D eigenvalue weighted by atomic mass is 35.5. The van der Waals surface area contributed by atoms with Gasteiger partial charge in [-0.05, 0) is 61.9 Å². The van der Waals surface area contributed by atoms with Gasteiger partial charge in [-0.15, -0.1) is 0 Å². The first-order valence-electron chi connectivity index (χ1n) is 6.66. The minimum absolute atomic E-state index is 0.330. The summed E-state index contributed by atoms with van der Waals surface area (Å²) < 4.78 is 27.8. The topological polar surface area (TPSA) is 0 Å². The average Bonchev–Trinajstić information content (AvgIpc) is 2.33. The fourth-order valence-corrected chi connectivity index (χ4v) is 3.04. The molecule has 0 saturated carbocycles. The van der Waals surface area contributed by atoms with Crippen LogP contribution < -0.4 is 0 Å². The zero-order valence-electron chi connectivity index (χ0n) is 12.3. The molecule has 1 aliphatic rings. The molecule has 1 atom stereocenters. The molecule has 0 amide bonds. The van der Waals surface area contributed by atoms with Crippen LogP contribution in [0.2, 0.25) is 5.02 Å². The molecule has 1 aromatic carbocycles. The van der Waals surface area contributed by atoms with Gasteiger partial charge in [-0.2, -0.15) is 0 Å². The summed E-state index contributed by atoms with van der Waals surface area (Å²) in [5.41, 5.74) is 5.14. The largest absolute Gasteiger partial charge is 0.252 e. The van der Waals surface area contributed by atoms with Crippen LogP contribution in [0, 0.1) is 19.8 Å². The molecule has 2 rings (SSSR count). The van der Waals surface area contributed by atoms with Gasteiger partial charge in [0.15, 0.2) is 0 Å². The van der Waals surface area contributed by atoms with Gasteiger partial charge in [-0.1, -0.05) is 35.9 Å². The van der Waals surface area contributed by atoms with Crippen molar-refractivity contribution in [2.24, 2.45) is 5.92 Å². The van der Waals surface area contributed by atoms with E-state index in [2.05, 4.69) is 6.58 Å². The van der Waals surface area contributed by atoms with Crippen molar-refractivity contribution in [1.29, 1.82) is 0 Å². The summed E-state index contributed by atoms with van der Waals surface area (Å²) in [4.78, 5) is 0. The van der Waals surface area contributed by atoms with Crippen LogP contribution >= 0.6 is 11.6 Å². The maximum atomic E-state index is 13.9. The molecule has 0 heterocycles. The smallest absolute Gasteiger partial charge is 0.207 e. The molecule has 0 bridgehead atoms. The van der Waals surface area contributed by atoms with Gasteiger partial charge in [0.1, 0.15) is 0 Å². The minimum atomic E-state index is -2.76. The lowest BCUT2D eigenvalue weighted by atomic mass is 9.76. The lowest BCUT2D eigenvalue weighted by Crippen LogP contribution is -2.30. The summed E-state index contributed by atoms with van der Waals surface area (Å²) in [5, 5.41) is 0.711. The van der Waals surface area contributed by atoms with E-state index in [0.29, 0.717) is 22.6 Å². The van der Waals surface area contributed by atoms with Crippen molar-refractivity contribution >= 4 is 17.7 Å². The normalized spacial score (nSPS) is 18.6. The Morgan fingerprint density at radius 3 is 2.50 bits per heavy atom. The van der Waals surface area contributed by atoms with Gasteiger partial charge in [0.2, 0.25) is 0 Å². The molecule has 3 heteroatoms. The standard InChI is InChI=1S/C17H19ClF2/c1-9(2)13-8-14-11(4)16(18)10(3)6-12(14)7-15(13)17(5,19)20/h6,8,15H,1,7H2,2-5H3. The summed E-state index contributed by atoms with van der Waals surface area (Å²) >= 11 is 6.27. The molecule has 1 unspecified atom stereocenters. The van der Waals surface area contributed by atoms with Crippen molar-refractivity contribution in [2.45, 2.75) is 40.0 Å². The molecule has 0 saturated heterocycles. The number of benzene rings is 1. The molecule has 0 nitrogen and oxygen atoms in total. The van der Waals surface area contributed by atoms with Crippen LogP contribution in [-0.2, 0) is 6.42 Å². The summed E-state index contributed by atoms with van der Waals surface area (Å²) in [6.45, 7) is 10.5. The average molecular weight is 297 g/mol. The molecule has 0 aliphatic heterocycles. The lowest BCUT2D eigenvalue weighted by Gasteiger charge is -2.32. The van der Waals surface area contributed by atoms with E-state index in [4.69, 9.17) is 11.6 Å². The van der Waals surface area contributed by atoms with Gasteiger partial charge in [0.25, 0.3) is 5.92 Å². The lowest BCUT2D eigenvalue weighted by molar-refractivity contribution is -0.0243. The van der Waals surface area contributed by atoms with Crippen molar-refractivity contribution in [3.05, 3.63) is 51.1 Å². The molecule has 1 aliphatic carbocycles. The van der Waals surface area contributed by atoms with Crippen LogP contribution in [0.15, 0.2) is 23.8 Å². The Labute approximate surface area is 124 Å². The number of fused-ring (bicyclic) bond motifs is 1. The highest BCUT2D eigenvalue weighted by Gasteiger charge is 2.39. The first-order valence-corrected chi connectivity index (χ1v) is 7.04. The first kappa shape index (κ1) is 15.2. The van der Waals surface area contributed by atoms with E-state index in [1.54, 1.807) is 6.92 Å². The van der Waals surface area contributed by atoms with Gasteiger partial charge in [-0.25, -0.2) is 8.78 Å². The molecule has 20 heavy (non-hydrogen) atoms. The van der Waals surface area contributed by atoms with E-state index in [-0.39, 0.29) is 0 Å². The van der Waals surface area contributed by atoms with E-state index >= 15 is 0 Å². The number of allylic oxidation sites excluding steroid dienone is 2. The summed E-state index contributed by atoms with van der Waals surface area (Å²) in [6.07, 6.45) is 2.17. The number of rotatable bonds is 2. The van der Waals surface area contributed by atoms with Gasteiger partial charge < -0.3 is 0 Å². The van der Waals surface area contributed by atoms with Gasteiger partial charge in [-0.3, -0.25) is 0 Å². The predicted molar refractivity (Wildman–Crippen MR) is 81.5 cm³/mol. The Balaban J connectivity index is 2.66. The maximum absolute atomic E-state index is 13.9. The second-order valence-electron chi connectivity index (χ2n) is 5.80. The van der Waals surface area contributed by atoms with Gasteiger partial charge in [0, 0.05) is 5.02 Å². The van der Waals surface area contributed by atoms with Gasteiger partial charge in [0.05, 0.1) is 5.92 Å².